The van der Waals surface area contributed by atoms with E-state index in [1.807, 2.05) is 6.92 Å². The number of furan rings is 1. The molecule has 55 heavy (non-hydrogen) atoms. The van der Waals surface area contributed by atoms with E-state index >= 15 is 4.79 Å². The number of anilines is 2. The van der Waals surface area contributed by atoms with Gasteiger partial charge >= 0.3 is 12.4 Å². The molecule has 2 aliphatic heterocycles. The van der Waals surface area contributed by atoms with Gasteiger partial charge in [0.1, 0.15) is 23.5 Å². The van der Waals surface area contributed by atoms with Crippen molar-refractivity contribution in [3.63, 3.8) is 0 Å². The third-order valence-electron chi connectivity index (χ3n) is 11.3. The lowest BCUT2D eigenvalue weighted by molar-refractivity contribution is -0.143. The number of fused-ring (bicyclic) bond motifs is 4. The number of hydrazine groups is 1. The van der Waals surface area contributed by atoms with Gasteiger partial charge in [-0.15, -0.1) is 0 Å². The van der Waals surface area contributed by atoms with Crippen LogP contribution in [0.1, 0.15) is 52.5 Å². The number of aliphatic hydroxyl groups is 1. The minimum Gasteiger partial charge on any atom is -0.463 e. The number of carbonyl (C=O) groups excluding carboxylic acids is 4. The standard InChI is InChI=1S/C40H31F6N3O6/c1-20-7-9-24(10-8-20)47-49-35(52)30-18-29-27(33(31-14-11-26(19-50)55-31)38(30,37(49)54)21-5-3-2-4-6-21)12-13-28-32(29)36(53)48(34(28)51)25-16-22(39(41,42)43)15-23(17-25)40(44,45)46/h2-12,14-17,28-30,32-33,47,50H,13,18-19H2,1H3/t28-,29+,30-,32-,33+,38+/m0/s1. The SMILES string of the molecule is Cc1ccc(NN2C(=O)[C@@H]3C[C@@H]4C(=CC[C@@H]5C(=O)N(c6cc(C(F)(F)F)cc(C(F)(F)F)c6)C(=O)[C@@H]54)[C@H](c4ccc(CO)o4)[C@]3(c3ccccc3)C2=O)cc1. The zero-order valence-electron chi connectivity index (χ0n) is 28.8. The van der Waals surface area contributed by atoms with Crippen LogP contribution in [0.3, 0.4) is 0 Å². The molecule has 6 atom stereocenters. The van der Waals surface area contributed by atoms with Crippen LogP contribution in [0.5, 0.6) is 0 Å². The molecule has 2 saturated heterocycles. The van der Waals surface area contributed by atoms with Crippen LogP contribution in [0.2, 0.25) is 0 Å². The molecule has 4 amide bonds. The van der Waals surface area contributed by atoms with Crippen molar-refractivity contribution in [1.29, 1.82) is 0 Å². The zero-order chi connectivity index (χ0) is 39.2. The number of nitrogens with zero attached hydrogens (tertiary/aromatic N) is 2. The number of hydrogen-bond donors (Lipinski definition) is 2. The highest BCUT2D eigenvalue weighted by Gasteiger charge is 2.71. The van der Waals surface area contributed by atoms with E-state index in [0.717, 1.165) is 10.6 Å². The Kier molecular flexibility index (Phi) is 8.37. The van der Waals surface area contributed by atoms with E-state index in [1.54, 1.807) is 66.7 Å². The van der Waals surface area contributed by atoms with Crippen molar-refractivity contribution in [1.82, 2.24) is 5.01 Å². The lowest BCUT2D eigenvalue weighted by Gasteiger charge is -2.49. The monoisotopic (exact) mass is 763 g/mol. The fourth-order valence-electron chi connectivity index (χ4n) is 9.01. The first-order valence-electron chi connectivity index (χ1n) is 17.4. The van der Waals surface area contributed by atoms with Crippen LogP contribution in [0, 0.1) is 30.6 Å². The molecule has 284 valence electrons. The third kappa shape index (κ3) is 5.57. The van der Waals surface area contributed by atoms with E-state index in [9.17, 15) is 45.8 Å². The summed E-state index contributed by atoms with van der Waals surface area (Å²) < 4.78 is 89.3. The van der Waals surface area contributed by atoms with Gasteiger partial charge in [-0.2, -0.15) is 31.4 Å². The zero-order valence-corrected chi connectivity index (χ0v) is 28.8. The first-order chi connectivity index (χ1) is 26.0. The van der Waals surface area contributed by atoms with Crippen LogP contribution < -0.4 is 10.3 Å². The number of alkyl halides is 6. The molecule has 0 radical (unpaired) electrons. The Bertz CT molecular complexity index is 2230. The molecule has 3 heterocycles. The smallest absolute Gasteiger partial charge is 0.416 e. The van der Waals surface area contributed by atoms with Crippen molar-refractivity contribution in [3.8, 4) is 0 Å². The molecular weight excluding hydrogens is 732 g/mol. The van der Waals surface area contributed by atoms with Gasteiger partial charge in [-0.25, -0.2) is 4.90 Å². The van der Waals surface area contributed by atoms with Crippen LogP contribution in [0.25, 0.3) is 0 Å². The average molecular weight is 764 g/mol. The predicted octanol–water partition coefficient (Wildman–Crippen LogP) is 7.31. The van der Waals surface area contributed by atoms with Crippen molar-refractivity contribution < 1.29 is 55.0 Å². The molecule has 15 heteroatoms. The normalized spacial score (nSPS) is 26.5. The number of carbonyl (C=O) groups is 4. The molecule has 0 unspecified atom stereocenters. The van der Waals surface area contributed by atoms with Crippen LogP contribution in [-0.4, -0.2) is 33.7 Å². The van der Waals surface area contributed by atoms with Gasteiger partial charge in [0.25, 0.3) is 11.8 Å². The molecule has 2 N–H and O–H groups in total. The Morgan fingerprint density at radius 2 is 1.47 bits per heavy atom. The minimum atomic E-state index is -5.23. The van der Waals surface area contributed by atoms with Gasteiger partial charge in [0.15, 0.2) is 0 Å². The largest absolute Gasteiger partial charge is 0.463 e. The number of nitrogens with one attached hydrogen (secondary N) is 1. The predicted molar refractivity (Wildman–Crippen MR) is 182 cm³/mol. The summed E-state index contributed by atoms with van der Waals surface area (Å²) in [6.45, 7) is 1.36. The fourth-order valence-corrected chi connectivity index (χ4v) is 9.01. The molecule has 2 aliphatic carbocycles. The second-order valence-corrected chi connectivity index (χ2v) is 14.3. The Hall–Kier alpha value is -5.70. The molecular formula is C40H31F6N3O6. The second kappa shape index (κ2) is 12.7. The number of halogens is 6. The highest BCUT2D eigenvalue weighted by atomic mass is 19.4. The number of amides is 4. The number of aliphatic hydroxyl groups excluding tert-OH is 1. The van der Waals surface area contributed by atoms with Gasteiger partial charge in [-0.3, -0.25) is 24.6 Å². The molecule has 0 spiro atoms. The van der Waals surface area contributed by atoms with Crippen LogP contribution in [-0.2, 0) is 43.6 Å². The van der Waals surface area contributed by atoms with Gasteiger partial charge in [0.2, 0.25) is 11.8 Å². The topological polar surface area (TPSA) is 120 Å². The number of rotatable bonds is 6. The minimum absolute atomic E-state index is 0.0841. The van der Waals surface area contributed by atoms with Crippen molar-refractivity contribution in [2.24, 2.45) is 23.7 Å². The quantitative estimate of drug-likeness (QED) is 0.120. The summed E-state index contributed by atoms with van der Waals surface area (Å²) >= 11 is 0. The molecule has 3 fully saturated rings. The lowest BCUT2D eigenvalue weighted by Crippen LogP contribution is -2.53. The third-order valence-corrected chi connectivity index (χ3v) is 11.3. The lowest BCUT2D eigenvalue weighted by atomic mass is 9.50. The number of hydrogen-bond acceptors (Lipinski definition) is 7. The summed E-state index contributed by atoms with van der Waals surface area (Å²) in [4.78, 5) is 58.6. The van der Waals surface area contributed by atoms with E-state index in [2.05, 4.69) is 5.43 Å². The Morgan fingerprint density at radius 3 is 2.07 bits per heavy atom. The highest BCUT2D eigenvalue weighted by Crippen LogP contribution is 2.64. The van der Waals surface area contributed by atoms with Crippen molar-refractivity contribution in [3.05, 3.63) is 130 Å². The van der Waals surface area contributed by atoms with Crippen LogP contribution >= 0.6 is 0 Å². The Morgan fingerprint density at radius 1 is 0.818 bits per heavy atom. The first-order valence-corrected chi connectivity index (χ1v) is 17.4. The highest BCUT2D eigenvalue weighted by molar-refractivity contribution is 6.22. The number of allylic oxidation sites excluding steroid dienone is 2. The molecule has 8 rings (SSSR count). The molecule has 1 saturated carbocycles. The maximum Gasteiger partial charge on any atom is 0.416 e. The van der Waals surface area contributed by atoms with E-state index in [0.29, 0.717) is 33.9 Å². The van der Waals surface area contributed by atoms with Gasteiger partial charge < -0.3 is 9.52 Å². The summed E-state index contributed by atoms with van der Waals surface area (Å²) in [6, 6.07) is 19.1. The molecule has 3 aromatic carbocycles. The summed E-state index contributed by atoms with van der Waals surface area (Å²) in [6.07, 6.45) is -9.12. The first kappa shape index (κ1) is 36.3. The maximum absolute atomic E-state index is 15.1. The van der Waals surface area contributed by atoms with Gasteiger partial charge in [-0.1, -0.05) is 59.7 Å². The summed E-state index contributed by atoms with van der Waals surface area (Å²) in [5, 5.41) is 10.9. The number of aryl methyl sites for hydroxylation is 1. The molecule has 9 nitrogen and oxygen atoms in total. The molecule has 0 bridgehead atoms. The van der Waals surface area contributed by atoms with E-state index in [-0.39, 0.29) is 30.4 Å². The van der Waals surface area contributed by atoms with Gasteiger partial charge in [-0.05, 0) is 73.7 Å². The van der Waals surface area contributed by atoms with Crippen molar-refractivity contribution in [2.75, 3.05) is 10.3 Å². The van der Waals surface area contributed by atoms with Crippen LogP contribution in [0.4, 0.5) is 37.7 Å². The van der Waals surface area contributed by atoms with Crippen LogP contribution in [0.15, 0.2) is 101 Å². The average Bonchev–Trinajstić information content (AvgIpc) is 3.79. The van der Waals surface area contributed by atoms with Gasteiger partial charge in [0.05, 0.1) is 46.2 Å². The van der Waals surface area contributed by atoms with Crippen molar-refractivity contribution >= 4 is 35.0 Å². The second-order valence-electron chi connectivity index (χ2n) is 14.3. The van der Waals surface area contributed by atoms with Crippen molar-refractivity contribution in [2.45, 2.75) is 50.1 Å². The Labute approximate surface area is 309 Å². The summed E-state index contributed by atoms with van der Waals surface area (Å²) in [5.41, 5.74) is -0.763. The maximum atomic E-state index is 15.1. The fraction of sp³-hybridized carbons (Fsp3) is 0.300. The molecule has 1 aromatic heterocycles. The molecule has 4 aliphatic rings. The van der Waals surface area contributed by atoms with Gasteiger partial charge in [0, 0.05) is 0 Å². The van der Waals surface area contributed by atoms with E-state index in [1.165, 1.54) is 6.07 Å². The molecule has 4 aromatic rings. The number of imide groups is 2. The van der Waals surface area contributed by atoms with E-state index in [4.69, 9.17) is 4.42 Å². The summed E-state index contributed by atoms with van der Waals surface area (Å²) in [7, 11) is 0. The van der Waals surface area contributed by atoms with E-state index < -0.39 is 94.4 Å². The Balaban J connectivity index is 1.28. The summed E-state index contributed by atoms with van der Waals surface area (Å²) in [5.74, 6) is -8.74. The number of benzene rings is 3.